The first kappa shape index (κ1) is 14.4. The summed E-state index contributed by atoms with van der Waals surface area (Å²) in [5.74, 6) is -0.930. The summed E-state index contributed by atoms with van der Waals surface area (Å²) in [6.07, 6.45) is -0.0737. The number of ether oxygens (including phenoxy) is 1. The second-order valence-electron chi connectivity index (χ2n) is 4.48. The zero-order valence-electron chi connectivity index (χ0n) is 10.7. The SMILES string of the molecule is CNC(C)(CC(C)Oc1cccc(F)c1)C(=O)O. The number of benzene rings is 1. The minimum Gasteiger partial charge on any atom is -0.491 e. The molecule has 2 unspecified atom stereocenters. The van der Waals surface area contributed by atoms with Gasteiger partial charge in [0.1, 0.15) is 17.1 Å². The number of halogens is 1. The van der Waals surface area contributed by atoms with Gasteiger partial charge in [0.15, 0.2) is 0 Å². The zero-order chi connectivity index (χ0) is 13.8. The number of carbonyl (C=O) groups is 1. The molecule has 0 bridgehead atoms. The van der Waals surface area contributed by atoms with Crippen LogP contribution >= 0.6 is 0 Å². The number of aliphatic carboxylic acids is 1. The molecule has 1 rings (SSSR count). The summed E-state index contributed by atoms with van der Waals surface area (Å²) in [5.41, 5.74) is -1.06. The third-order valence-corrected chi connectivity index (χ3v) is 2.85. The second kappa shape index (κ2) is 5.82. The second-order valence-corrected chi connectivity index (χ2v) is 4.48. The summed E-state index contributed by atoms with van der Waals surface area (Å²) in [4.78, 5) is 11.1. The Hall–Kier alpha value is -1.62. The Kier molecular flexibility index (Phi) is 4.67. The summed E-state index contributed by atoms with van der Waals surface area (Å²) in [6.45, 7) is 3.34. The highest BCUT2D eigenvalue weighted by molar-refractivity contribution is 5.78. The van der Waals surface area contributed by atoms with Crippen LogP contribution in [-0.4, -0.2) is 29.8 Å². The van der Waals surface area contributed by atoms with Gasteiger partial charge in [0.25, 0.3) is 0 Å². The zero-order valence-corrected chi connectivity index (χ0v) is 10.7. The van der Waals surface area contributed by atoms with Crippen molar-refractivity contribution in [1.29, 1.82) is 0 Å². The highest BCUT2D eigenvalue weighted by atomic mass is 19.1. The highest BCUT2D eigenvalue weighted by Gasteiger charge is 2.33. The van der Waals surface area contributed by atoms with Gasteiger partial charge < -0.3 is 15.2 Å². The molecule has 0 fully saturated rings. The Morgan fingerprint density at radius 2 is 2.28 bits per heavy atom. The van der Waals surface area contributed by atoms with Crippen molar-refractivity contribution in [2.75, 3.05) is 7.05 Å². The summed E-state index contributed by atoms with van der Waals surface area (Å²) >= 11 is 0. The molecule has 0 spiro atoms. The molecular weight excluding hydrogens is 237 g/mol. The lowest BCUT2D eigenvalue weighted by molar-refractivity contribution is -0.145. The Morgan fingerprint density at radius 3 is 2.78 bits per heavy atom. The van der Waals surface area contributed by atoms with E-state index < -0.39 is 11.5 Å². The molecule has 0 aromatic heterocycles. The fourth-order valence-corrected chi connectivity index (χ4v) is 1.69. The molecule has 1 aromatic rings. The van der Waals surface area contributed by atoms with Gasteiger partial charge in [-0.05, 0) is 33.0 Å². The number of hydrogen-bond acceptors (Lipinski definition) is 3. The molecule has 0 radical (unpaired) electrons. The van der Waals surface area contributed by atoms with Crippen molar-refractivity contribution in [1.82, 2.24) is 5.32 Å². The maximum absolute atomic E-state index is 13.0. The van der Waals surface area contributed by atoms with E-state index in [0.717, 1.165) is 0 Å². The molecule has 0 saturated heterocycles. The van der Waals surface area contributed by atoms with Crippen molar-refractivity contribution in [2.24, 2.45) is 0 Å². The number of nitrogens with one attached hydrogen (secondary N) is 1. The van der Waals surface area contributed by atoms with Crippen LogP contribution < -0.4 is 10.1 Å². The molecule has 2 atom stereocenters. The minimum atomic E-state index is -1.06. The molecule has 0 saturated carbocycles. The topological polar surface area (TPSA) is 58.6 Å². The average Bonchev–Trinajstić information content (AvgIpc) is 2.28. The van der Waals surface area contributed by atoms with E-state index in [1.54, 1.807) is 33.0 Å². The summed E-state index contributed by atoms with van der Waals surface area (Å²) in [6, 6.07) is 5.78. The third-order valence-electron chi connectivity index (χ3n) is 2.85. The van der Waals surface area contributed by atoms with Crippen LogP contribution in [0.25, 0.3) is 0 Å². The summed E-state index contributed by atoms with van der Waals surface area (Å²) < 4.78 is 18.5. The van der Waals surface area contributed by atoms with Gasteiger partial charge >= 0.3 is 5.97 Å². The number of rotatable bonds is 6. The smallest absolute Gasteiger partial charge is 0.323 e. The lowest BCUT2D eigenvalue weighted by Gasteiger charge is -2.27. The van der Waals surface area contributed by atoms with Crippen LogP contribution in [0.15, 0.2) is 24.3 Å². The summed E-state index contributed by atoms with van der Waals surface area (Å²) in [7, 11) is 1.59. The average molecular weight is 255 g/mol. The monoisotopic (exact) mass is 255 g/mol. The van der Waals surface area contributed by atoms with Gasteiger partial charge in [0.05, 0.1) is 6.10 Å². The van der Waals surface area contributed by atoms with E-state index in [1.165, 1.54) is 12.1 Å². The van der Waals surface area contributed by atoms with Crippen molar-refractivity contribution in [2.45, 2.75) is 31.9 Å². The minimum absolute atomic E-state index is 0.273. The van der Waals surface area contributed by atoms with Gasteiger partial charge in [-0.1, -0.05) is 6.07 Å². The van der Waals surface area contributed by atoms with Crippen molar-refractivity contribution >= 4 is 5.97 Å². The van der Waals surface area contributed by atoms with E-state index in [-0.39, 0.29) is 18.3 Å². The van der Waals surface area contributed by atoms with Crippen LogP contribution in [-0.2, 0) is 4.79 Å². The van der Waals surface area contributed by atoms with Gasteiger partial charge in [-0.2, -0.15) is 0 Å². The fraction of sp³-hybridized carbons (Fsp3) is 0.462. The third kappa shape index (κ3) is 3.70. The van der Waals surface area contributed by atoms with Crippen molar-refractivity contribution in [3.8, 4) is 5.75 Å². The molecule has 4 nitrogen and oxygen atoms in total. The molecule has 0 heterocycles. The first-order chi connectivity index (χ1) is 8.37. The predicted octanol–water partition coefficient (Wildman–Crippen LogP) is 2.05. The Bertz CT molecular complexity index is 424. The van der Waals surface area contributed by atoms with E-state index in [1.807, 2.05) is 0 Å². The first-order valence-corrected chi connectivity index (χ1v) is 5.72. The molecule has 1 aromatic carbocycles. The number of hydrogen-bond donors (Lipinski definition) is 2. The van der Waals surface area contributed by atoms with Gasteiger partial charge in [-0.3, -0.25) is 4.79 Å². The Balaban J connectivity index is 2.66. The first-order valence-electron chi connectivity index (χ1n) is 5.72. The van der Waals surface area contributed by atoms with E-state index in [2.05, 4.69) is 5.32 Å². The largest absolute Gasteiger partial charge is 0.491 e. The van der Waals surface area contributed by atoms with Crippen LogP contribution in [0, 0.1) is 5.82 Å². The molecular formula is C13H18FNO3. The number of likely N-dealkylation sites (N-methyl/N-ethyl adjacent to an activating group) is 1. The Labute approximate surface area is 106 Å². The number of carboxylic acid groups (broad SMARTS) is 1. The van der Waals surface area contributed by atoms with Crippen molar-refractivity contribution in [3.63, 3.8) is 0 Å². The van der Waals surface area contributed by atoms with Gasteiger partial charge in [-0.25, -0.2) is 4.39 Å². The quantitative estimate of drug-likeness (QED) is 0.816. The van der Waals surface area contributed by atoms with Crippen LogP contribution in [0.4, 0.5) is 4.39 Å². The van der Waals surface area contributed by atoms with Gasteiger partial charge in [-0.15, -0.1) is 0 Å². The van der Waals surface area contributed by atoms with Gasteiger partial charge in [0, 0.05) is 12.5 Å². The van der Waals surface area contributed by atoms with E-state index in [9.17, 15) is 9.18 Å². The van der Waals surface area contributed by atoms with E-state index in [0.29, 0.717) is 5.75 Å². The van der Waals surface area contributed by atoms with Crippen LogP contribution in [0.1, 0.15) is 20.3 Å². The molecule has 0 amide bonds. The van der Waals surface area contributed by atoms with E-state index >= 15 is 0 Å². The molecule has 2 N–H and O–H groups in total. The molecule has 5 heteroatoms. The van der Waals surface area contributed by atoms with Crippen LogP contribution in [0.3, 0.4) is 0 Å². The Morgan fingerprint density at radius 1 is 1.61 bits per heavy atom. The lowest BCUT2D eigenvalue weighted by atomic mass is 9.95. The maximum Gasteiger partial charge on any atom is 0.323 e. The predicted molar refractivity (Wildman–Crippen MR) is 66.2 cm³/mol. The van der Waals surface area contributed by atoms with Crippen LogP contribution in [0.5, 0.6) is 5.75 Å². The van der Waals surface area contributed by atoms with Crippen LogP contribution in [0.2, 0.25) is 0 Å². The van der Waals surface area contributed by atoms with Gasteiger partial charge in [0.2, 0.25) is 0 Å². The molecule has 100 valence electrons. The van der Waals surface area contributed by atoms with Crippen molar-refractivity contribution < 1.29 is 19.0 Å². The molecule has 0 aliphatic heterocycles. The molecule has 18 heavy (non-hydrogen) atoms. The summed E-state index contributed by atoms with van der Waals surface area (Å²) in [5, 5.41) is 11.9. The standard InChI is InChI=1S/C13H18FNO3/c1-9(8-13(2,15-3)12(16)17)18-11-6-4-5-10(14)7-11/h4-7,9,15H,8H2,1-3H3,(H,16,17). The molecule has 0 aliphatic rings. The lowest BCUT2D eigenvalue weighted by Crippen LogP contribution is -2.50. The molecule has 0 aliphatic carbocycles. The van der Waals surface area contributed by atoms with Crippen molar-refractivity contribution in [3.05, 3.63) is 30.1 Å². The highest BCUT2D eigenvalue weighted by Crippen LogP contribution is 2.19. The fourth-order valence-electron chi connectivity index (χ4n) is 1.69. The normalized spacial score (nSPS) is 15.8. The maximum atomic E-state index is 13.0. The number of carboxylic acids is 1. The van der Waals surface area contributed by atoms with E-state index in [4.69, 9.17) is 9.84 Å².